The Balaban J connectivity index is 0.00000312. The van der Waals surface area contributed by atoms with Crippen molar-refractivity contribution >= 4 is 41.3 Å². The van der Waals surface area contributed by atoms with Gasteiger partial charge in [-0.2, -0.15) is 0 Å². The highest BCUT2D eigenvalue weighted by atomic mass is 127. The summed E-state index contributed by atoms with van der Waals surface area (Å²) in [6.07, 6.45) is 0.893. The molecule has 0 saturated carbocycles. The number of aromatic nitrogens is 1. The second-order valence-corrected chi connectivity index (χ2v) is 6.77. The molecule has 138 valence electrons. The van der Waals surface area contributed by atoms with Crippen LogP contribution in [0.3, 0.4) is 0 Å². The first-order chi connectivity index (χ1) is 11.6. The molecule has 2 N–H and O–H groups in total. The zero-order chi connectivity index (χ0) is 17.4. The Kier molecular flexibility index (Phi) is 9.81. The van der Waals surface area contributed by atoms with Crippen molar-refractivity contribution in [2.75, 3.05) is 26.7 Å². The highest BCUT2D eigenvalue weighted by Crippen LogP contribution is 2.15. The molecule has 1 heterocycles. The molecule has 0 unspecified atom stereocenters. The average molecular weight is 474 g/mol. The first-order valence-electron chi connectivity index (χ1n) is 8.13. The van der Waals surface area contributed by atoms with Crippen molar-refractivity contribution in [3.05, 3.63) is 45.4 Å². The van der Waals surface area contributed by atoms with Gasteiger partial charge in [-0.05, 0) is 44.0 Å². The molecule has 1 aromatic carbocycles. The topological polar surface area (TPSA) is 58.5 Å². The van der Waals surface area contributed by atoms with Crippen LogP contribution in [0.25, 0.3) is 0 Å². The summed E-state index contributed by atoms with van der Waals surface area (Å²) in [5, 5.41) is 9.76. The van der Waals surface area contributed by atoms with Crippen LogP contribution in [0.5, 0.6) is 5.75 Å². The molecule has 0 saturated heterocycles. The van der Waals surface area contributed by atoms with Crippen LogP contribution in [0, 0.1) is 20.8 Å². The SMILES string of the molecule is CN=C(NCCOc1cc(C)cc(C)c1)NCCc1csc(C)n1.I. The van der Waals surface area contributed by atoms with E-state index in [1.54, 1.807) is 18.4 Å². The van der Waals surface area contributed by atoms with E-state index in [1.807, 2.05) is 6.92 Å². The Morgan fingerprint density at radius 3 is 2.40 bits per heavy atom. The van der Waals surface area contributed by atoms with Gasteiger partial charge in [-0.1, -0.05) is 6.07 Å². The minimum Gasteiger partial charge on any atom is -0.492 e. The first kappa shape index (κ1) is 21.7. The fourth-order valence-electron chi connectivity index (χ4n) is 2.41. The number of guanidine groups is 1. The number of nitrogens with one attached hydrogen (secondary N) is 2. The highest BCUT2D eigenvalue weighted by Gasteiger charge is 2.01. The van der Waals surface area contributed by atoms with E-state index in [1.165, 1.54) is 11.1 Å². The van der Waals surface area contributed by atoms with Gasteiger partial charge in [0.1, 0.15) is 12.4 Å². The van der Waals surface area contributed by atoms with Crippen LogP contribution in [0.2, 0.25) is 0 Å². The van der Waals surface area contributed by atoms with Crippen molar-refractivity contribution < 1.29 is 4.74 Å². The Labute approximate surface area is 171 Å². The van der Waals surface area contributed by atoms with Crippen LogP contribution in [-0.2, 0) is 6.42 Å². The zero-order valence-corrected chi connectivity index (χ0v) is 18.4. The number of hydrogen-bond donors (Lipinski definition) is 2. The second kappa shape index (κ2) is 11.3. The lowest BCUT2D eigenvalue weighted by atomic mass is 10.1. The van der Waals surface area contributed by atoms with E-state index >= 15 is 0 Å². The average Bonchev–Trinajstić information content (AvgIpc) is 2.94. The summed E-state index contributed by atoms with van der Waals surface area (Å²) in [5.74, 6) is 1.70. The molecule has 0 amide bonds. The number of thiazole rings is 1. The van der Waals surface area contributed by atoms with Crippen LogP contribution in [0.15, 0.2) is 28.6 Å². The van der Waals surface area contributed by atoms with Gasteiger partial charge in [0.2, 0.25) is 0 Å². The maximum absolute atomic E-state index is 5.79. The molecule has 0 radical (unpaired) electrons. The number of aliphatic imine (C=N–C) groups is 1. The van der Waals surface area contributed by atoms with E-state index in [4.69, 9.17) is 4.74 Å². The molecular weight excluding hydrogens is 447 g/mol. The van der Waals surface area contributed by atoms with Crippen molar-refractivity contribution in [3.63, 3.8) is 0 Å². The standard InChI is InChI=1S/C18H26N4OS.HI/c1-13-9-14(2)11-17(10-13)23-8-7-21-18(19-4)20-6-5-16-12-24-15(3)22-16;/h9-12H,5-8H2,1-4H3,(H2,19,20,21);1H. The Bertz CT molecular complexity index is 667. The Hall–Kier alpha value is -1.35. The van der Waals surface area contributed by atoms with Crippen molar-refractivity contribution in [1.82, 2.24) is 15.6 Å². The molecule has 1 aromatic heterocycles. The fraction of sp³-hybridized carbons (Fsp3) is 0.444. The predicted molar refractivity (Wildman–Crippen MR) is 117 cm³/mol. The summed E-state index contributed by atoms with van der Waals surface area (Å²) >= 11 is 1.68. The van der Waals surface area contributed by atoms with Gasteiger partial charge in [0.25, 0.3) is 0 Å². The molecule has 0 aliphatic carbocycles. The second-order valence-electron chi connectivity index (χ2n) is 5.71. The van der Waals surface area contributed by atoms with Gasteiger partial charge in [0.05, 0.1) is 17.2 Å². The molecule has 2 rings (SSSR count). The largest absolute Gasteiger partial charge is 0.492 e. The number of ether oxygens (including phenoxy) is 1. The Morgan fingerprint density at radius 1 is 1.12 bits per heavy atom. The summed E-state index contributed by atoms with van der Waals surface area (Å²) < 4.78 is 5.79. The van der Waals surface area contributed by atoms with Crippen LogP contribution < -0.4 is 15.4 Å². The number of benzene rings is 1. The molecule has 5 nitrogen and oxygen atoms in total. The molecule has 7 heteroatoms. The number of nitrogens with zero attached hydrogens (tertiary/aromatic N) is 2. The minimum atomic E-state index is 0. The molecule has 0 spiro atoms. The zero-order valence-electron chi connectivity index (χ0n) is 15.3. The molecule has 25 heavy (non-hydrogen) atoms. The van der Waals surface area contributed by atoms with Gasteiger partial charge in [-0.3, -0.25) is 4.99 Å². The molecule has 0 bridgehead atoms. The van der Waals surface area contributed by atoms with Gasteiger partial charge in [0.15, 0.2) is 5.96 Å². The van der Waals surface area contributed by atoms with E-state index in [2.05, 4.69) is 58.0 Å². The van der Waals surface area contributed by atoms with Gasteiger partial charge in [-0.25, -0.2) is 4.98 Å². The predicted octanol–water partition coefficient (Wildman–Crippen LogP) is 3.47. The summed E-state index contributed by atoms with van der Waals surface area (Å²) in [6.45, 7) is 8.28. The molecule has 0 fully saturated rings. The van der Waals surface area contributed by atoms with Crippen molar-refractivity contribution in [3.8, 4) is 5.75 Å². The molecular formula is C18H27IN4OS. The maximum atomic E-state index is 5.79. The summed E-state index contributed by atoms with van der Waals surface area (Å²) in [7, 11) is 1.77. The Morgan fingerprint density at radius 2 is 1.80 bits per heavy atom. The number of rotatable bonds is 7. The lowest BCUT2D eigenvalue weighted by molar-refractivity contribution is 0.321. The molecule has 0 aliphatic rings. The lowest BCUT2D eigenvalue weighted by Crippen LogP contribution is -2.40. The van der Waals surface area contributed by atoms with Crippen LogP contribution in [0.1, 0.15) is 21.8 Å². The minimum absolute atomic E-state index is 0. The van der Waals surface area contributed by atoms with Gasteiger partial charge in [0, 0.05) is 25.4 Å². The van der Waals surface area contributed by atoms with E-state index < -0.39 is 0 Å². The molecule has 2 aromatic rings. The van der Waals surface area contributed by atoms with E-state index in [0.29, 0.717) is 13.2 Å². The third-order valence-electron chi connectivity index (χ3n) is 3.42. The normalized spacial score (nSPS) is 11.0. The lowest BCUT2D eigenvalue weighted by Gasteiger charge is -2.12. The van der Waals surface area contributed by atoms with Crippen molar-refractivity contribution in [2.45, 2.75) is 27.2 Å². The van der Waals surface area contributed by atoms with Crippen molar-refractivity contribution in [2.24, 2.45) is 4.99 Å². The van der Waals surface area contributed by atoms with Crippen LogP contribution >= 0.6 is 35.3 Å². The summed E-state index contributed by atoms with van der Waals surface area (Å²) in [6, 6.07) is 6.24. The highest BCUT2D eigenvalue weighted by molar-refractivity contribution is 14.0. The van der Waals surface area contributed by atoms with Crippen LogP contribution in [0.4, 0.5) is 0 Å². The maximum Gasteiger partial charge on any atom is 0.191 e. The quantitative estimate of drug-likeness (QED) is 0.279. The van der Waals surface area contributed by atoms with Gasteiger partial charge >= 0.3 is 0 Å². The first-order valence-corrected chi connectivity index (χ1v) is 9.01. The summed E-state index contributed by atoms with van der Waals surface area (Å²) in [5.41, 5.74) is 3.55. The van der Waals surface area contributed by atoms with Crippen LogP contribution in [-0.4, -0.2) is 37.7 Å². The van der Waals surface area contributed by atoms with Crippen molar-refractivity contribution in [1.29, 1.82) is 0 Å². The number of hydrogen-bond acceptors (Lipinski definition) is 4. The van der Waals surface area contributed by atoms with Gasteiger partial charge < -0.3 is 15.4 Å². The van der Waals surface area contributed by atoms with E-state index in [9.17, 15) is 0 Å². The van der Waals surface area contributed by atoms with Gasteiger partial charge in [-0.15, -0.1) is 35.3 Å². The molecule has 0 atom stereocenters. The monoisotopic (exact) mass is 474 g/mol. The smallest absolute Gasteiger partial charge is 0.191 e. The fourth-order valence-corrected chi connectivity index (χ4v) is 3.05. The molecule has 0 aliphatic heterocycles. The van der Waals surface area contributed by atoms with E-state index in [0.717, 1.165) is 35.4 Å². The third kappa shape index (κ3) is 8.04. The number of aryl methyl sites for hydroxylation is 3. The summed E-state index contributed by atoms with van der Waals surface area (Å²) in [4.78, 5) is 8.67. The van der Waals surface area contributed by atoms with E-state index in [-0.39, 0.29) is 24.0 Å². The number of halogens is 1. The third-order valence-corrected chi connectivity index (χ3v) is 4.24.